The van der Waals surface area contributed by atoms with E-state index >= 15 is 0 Å². The first-order chi connectivity index (χ1) is 5.09. The average molecular weight is 267 g/mol. The van der Waals surface area contributed by atoms with Crippen molar-refractivity contribution in [2.45, 2.75) is 24.7 Å². The molecule has 0 aliphatic heterocycles. The Morgan fingerprint density at radius 1 is 1.55 bits per heavy atom. The standard InChI is InChI=1S/C8H14INO/c1-6(2)8(7(3)9)10-5-11-4/h5,7H,1-4H3/b10-5-. The second-order valence-corrected chi connectivity index (χ2v) is 4.34. The third-order valence-electron chi connectivity index (χ3n) is 1.19. The molecular weight excluding hydrogens is 253 g/mol. The minimum absolute atomic E-state index is 0.434. The number of aliphatic imine (C=N–C) groups is 1. The number of hydrogen-bond donors (Lipinski definition) is 0. The van der Waals surface area contributed by atoms with Crippen LogP contribution in [0, 0.1) is 0 Å². The van der Waals surface area contributed by atoms with E-state index < -0.39 is 0 Å². The molecule has 0 radical (unpaired) electrons. The van der Waals surface area contributed by atoms with Crippen molar-refractivity contribution in [3.05, 3.63) is 11.3 Å². The normalized spacial score (nSPS) is 13.2. The number of halogens is 1. The molecule has 0 bridgehead atoms. The van der Waals surface area contributed by atoms with Gasteiger partial charge in [-0.05, 0) is 20.8 Å². The quantitative estimate of drug-likeness (QED) is 0.333. The lowest BCUT2D eigenvalue weighted by atomic mass is 10.2. The number of nitrogens with zero attached hydrogens (tertiary/aromatic N) is 1. The Morgan fingerprint density at radius 3 is 2.36 bits per heavy atom. The first kappa shape index (κ1) is 10.9. The molecule has 0 saturated heterocycles. The number of rotatable bonds is 3. The molecule has 1 atom stereocenters. The molecule has 3 heteroatoms. The molecule has 0 heterocycles. The van der Waals surface area contributed by atoms with Crippen LogP contribution < -0.4 is 0 Å². The van der Waals surface area contributed by atoms with Gasteiger partial charge < -0.3 is 4.74 Å². The molecule has 0 aromatic carbocycles. The van der Waals surface area contributed by atoms with Crippen molar-refractivity contribution in [2.75, 3.05) is 7.11 Å². The SMILES string of the molecule is CO/C=N\C(=C(C)C)C(C)I. The van der Waals surface area contributed by atoms with Gasteiger partial charge in [0.1, 0.15) is 0 Å². The van der Waals surface area contributed by atoms with Gasteiger partial charge in [-0.2, -0.15) is 0 Å². The fraction of sp³-hybridized carbons (Fsp3) is 0.625. The van der Waals surface area contributed by atoms with Crippen molar-refractivity contribution in [1.29, 1.82) is 0 Å². The van der Waals surface area contributed by atoms with Gasteiger partial charge in [0.15, 0.2) is 6.40 Å². The summed E-state index contributed by atoms with van der Waals surface area (Å²) in [6.07, 6.45) is 1.47. The molecular formula is C8H14INO. The fourth-order valence-electron chi connectivity index (χ4n) is 0.739. The summed E-state index contributed by atoms with van der Waals surface area (Å²) in [5.74, 6) is 0. The van der Waals surface area contributed by atoms with Crippen LogP contribution in [-0.4, -0.2) is 17.4 Å². The Hall–Kier alpha value is -0.0600. The van der Waals surface area contributed by atoms with E-state index in [9.17, 15) is 0 Å². The molecule has 0 spiro atoms. The van der Waals surface area contributed by atoms with E-state index in [-0.39, 0.29) is 0 Å². The smallest absolute Gasteiger partial charge is 0.173 e. The lowest BCUT2D eigenvalue weighted by molar-refractivity contribution is 0.422. The van der Waals surface area contributed by atoms with Gasteiger partial charge in [-0.1, -0.05) is 28.2 Å². The molecule has 11 heavy (non-hydrogen) atoms. The van der Waals surface area contributed by atoms with Crippen molar-refractivity contribution in [2.24, 2.45) is 4.99 Å². The Kier molecular flexibility index (Phi) is 5.54. The van der Waals surface area contributed by atoms with Crippen LogP contribution in [0.15, 0.2) is 16.3 Å². The minimum Gasteiger partial charge on any atom is -0.486 e. The first-order valence-corrected chi connectivity index (χ1v) is 4.71. The number of hydrogen-bond acceptors (Lipinski definition) is 2. The zero-order chi connectivity index (χ0) is 8.85. The van der Waals surface area contributed by atoms with E-state index in [1.54, 1.807) is 7.11 Å². The van der Waals surface area contributed by atoms with E-state index in [0.29, 0.717) is 3.92 Å². The third-order valence-corrected chi connectivity index (χ3v) is 1.78. The summed E-state index contributed by atoms with van der Waals surface area (Å²) in [7, 11) is 1.60. The molecule has 0 rings (SSSR count). The van der Waals surface area contributed by atoms with Gasteiger partial charge in [0.2, 0.25) is 0 Å². The molecule has 0 aromatic heterocycles. The molecule has 0 fully saturated rings. The molecule has 64 valence electrons. The van der Waals surface area contributed by atoms with E-state index in [0.717, 1.165) is 5.70 Å². The van der Waals surface area contributed by atoms with Gasteiger partial charge >= 0.3 is 0 Å². The Balaban J connectivity index is 4.38. The van der Waals surface area contributed by atoms with E-state index in [1.165, 1.54) is 12.0 Å². The van der Waals surface area contributed by atoms with Crippen LogP contribution in [0.2, 0.25) is 0 Å². The maximum absolute atomic E-state index is 4.74. The molecule has 0 amide bonds. The van der Waals surface area contributed by atoms with Crippen LogP contribution in [0.1, 0.15) is 20.8 Å². The number of alkyl halides is 1. The summed E-state index contributed by atoms with van der Waals surface area (Å²) in [5, 5.41) is 0. The Labute approximate surface area is 81.9 Å². The van der Waals surface area contributed by atoms with Crippen molar-refractivity contribution >= 4 is 29.0 Å². The van der Waals surface area contributed by atoms with Crippen molar-refractivity contribution in [3.8, 4) is 0 Å². The van der Waals surface area contributed by atoms with Crippen LogP contribution >= 0.6 is 22.6 Å². The van der Waals surface area contributed by atoms with Gasteiger partial charge in [0.25, 0.3) is 0 Å². The number of ether oxygens (including phenoxy) is 1. The van der Waals surface area contributed by atoms with Gasteiger partial charge in [0.05, 0.1) is 16.7 Å². The maximum Gasteiger partial charge on any atom is 0.173 e. The molecule has 0 N–H and O–H groups in total. The molecule has 0 aliphatic carbocycles. The fourth-order valence-corrected chi connectivity index (χ4v) is 1.52. The van der Waals surface area contributed by atoms with Crippen molar-refractivity contribution in [3.63, 3.8) is 0 Å². The van der Waals surface area contributed by atoms with Crippen LogP contribution in [0.5, 0.6) is 0 Å². The summed E-state index contributed by atoms with van der Waals surface area (Å²) in [6, 6.07) is 0. The zero-order valence-electron chi connectivity index (χ0n) is 7.39. The highest BCUT2D eigenvalue weighted by Crippen LogP contribution is 2.16. The lowest BCUT2D eigenvalue weighted by Gasteiger charge is -2.05. The predicted molar refractivity (Wildman–Crippen MR) is 57.4 cm³/mol. The second kappa shape index (κ2) is 5.57. The van der Waals surface area contributed by atoms with Gasteiger partial charge in [-0.3, -0.25) is 0 Å². The van der Waals surface area contributed by atoms with Crippen LogP contribution in [0.3, 0.4) is 0 Å². The molecule has 0 saturated carbocycles. The highest BCUT2D eigenvalue weighted by Gasteiger charge is 2.03. The Bertz CT molecular complexity index is 169. The zero-order valence-corrected chi connectivity index (χ0v) is 9.55. The summed E-state index contributed by atoms with van der Waals surface area (Å²) < 4.78 is 5.18. The van der Waals surface area contributed by atoms with Crippen LogP contribution in [0.25, 0.3) is 0 Å². The van der Waals surface area contributed by atoms with E-state index in [4.69, 9.17) is 4.74 Å². The van der Waals surface area contributed by atoms with Gasteiger partial charge in [0, 0.05) is 0 Å². The number of allylic oxidation sites excluding steroid dienone is 2. The topological polar surface area (TPSA) is 21.6 Å². The maximum atomic E-state index is 4.74. The van der Waals surface area contributed by atoms with E-state index in [2.05, 4.69) is 48.4 Å². The van der Waals surface area contributed by atoms with Crippen molar-refractivity contribution in [1.82, 2.24) is 0 Å². The number of methoxy groups -OCH3 is 1. The van der Waals surface area contributed by atoms with Crippen LogP contribution in [-0.2, 0) is 4.74 Å². The lowest BCUT2D eigenvalue weighted by Crippen LogP contribution is -1.96. The highest BCUT2D eigenvalue weighted by molar-refractivity contribution is 14.1. The van der Waals surface area contributed by atoms with Gasteiger partial charge in [-0.25, -0.2) is 4.99 Å². The van der Waals surface area contributed by atoms with Gasteiger partial charge in [-0.15, -0.1) is 0 Å². The molecule has 0 aromatic rings. The minimum atomic E-state index is 0.434. The summed E-state index contributed by atoms with van der Waals surface area (Å²) in [5.41, 5.74) is 2.33. The second-order valence-electron chi connectivity index (χ2n) is 2.47. The highest BCUT2D eigenvalue weighted by atomic mass is 127. The Morgan fingerprint density at radius 2 is 2.09 bits per heavy atom. The average Bonchev–Trinajstić information content (AvgIpc) is 1.87. The molecule has 0 aliphatic rings. The van der Waals surface area contributed by atoms with Crippen molar-refractivity contribution < 1.29 is 4.74 Å². The summed E-state index contributed by atoms with van der Waals surface area (Å²) in [4.78, 5) is 4.17. The largest absolute Gasteiger partial charge is 0.486 e. The summed E-state index contributed by atoms with van der Waals surface area (Å²) in [6.45, 7) is 6.21. The molecule has 2 nitrogen and oxygen atoms in total. The predicted octanol–water partition coefficient (Wildman–Crippen LogP) is 2.78. The first-order valence-electron chi connectivity index (χ1n) is 3.46. The van der Waals surface area contributed by atoms with Crippen LogP contribution in [0.4, 0.5) is 0 Å². The third kappa shape index (κ3) is 4.40. The monoisotopic (exact) mass is 267 g/mol. The summed E-state index contributed by atoms with van der Waals surface area (Å²) >= 11 is 2.33. The van der Waals surface area contributed by atoms with E-state index in [1.807, 2.05) is 0 Å². The molecule has 1 unspecified atom stereocenters.